The zero-order valence-corrected chi connectivity index (χ0v) is 22.8. The fourth-order valence-corrected chi connectivity index (χ4v) is 6.67. The van der Waals surface area contributed by atoms with Gasteiger partial charge in [0.15, 0.2) is 0 Å². The summed E-state index contributed by atoms with van der Waals surface area (Å²) in [4.78, 5) is 2.42. The molecular weight excluding hydrogens is 510 g/mol. The van der Waals surface area contributed by atoms with Crippen LogP contribution in [0.5, 0.6) is 0 Å². The van der Waals surface area contributed by atoms with Crippen molar-refractivity contribution < 1.29 is 4.42 Å². The molecule has 0 unspecified atom stereocenters. The van der Waals surface area contributed by atoms with Crippen LogP contribution in [0.4, 0.5) is 17.1 Å². The molecular formula is C40H25NO. The van der Waals surface area contributed by atoms with E-state index in [0.29, 0.717) is 0 Å². The molecule has 8 aromatic carbocycles. The number of para-hydroxylation sites is 1. The van der Waals surface area contributed by atoms with Crippen molar-refractivity contribution in [3.63, 3.8) is 0 Å². The average Bonchev–Trinajstić information content (AvgIpc) is 3.45. The molecule has 42 heavy (non-hydrogen) atoms. The number of furan rings is 1. The second-order valence-corrected chi connectivity index (χ2v) is 10.9. The Balaban J connectivity index is 1.43. The molecule has 0 radical (unpaired) electrons. The van der Waals surface area contributed by atoms with Crippen LogP contribution in [0.3, 0.4) is 0 Å². The highest BCUT2D eigenvalue weighted by Crippen LogP contribution is 2.47. The largest absolute Gasteiger partial charge is 0.455 e. The minimum Gasteiger partial charge on any atom is -0.455 e. The van der Waals surface area contributed by atoms with Crippen molar-refractivity contribution in [3.05, 3.63) is 152 Å². The molecule has 196 valence electrons. The third-order valence-corrected chi connectivity index (χ3v) is 8.58. The van der Waals surface area contributed by atoms with E-state index in [4.69, 9.17) is 4.42 Å². The zero-order valence-electron chi connectivity index (χ0n) is 22.8. The van der Waals surface area contributed by atoms with E-state index >= 15 is 0 Å². The Morgan fingerprint density at radius 1 is 0.381 bits per heavy atom. The van der Waals surface area contributed by atoms with Crippen molar-refractivity contribution in [2.75, 3.05) is 4.90 Å². The van der Waals surface area contributed by atoms with E-state index < -0.39 is 0 Å². The fraction of sp³-hybridized carbons (Fsp3) is 0. The van der Waals surface area contributed by atoms with Gasteiger partial charge in [-0.2, -0.15) is 0 Å². The minimum absolute atomic E-state index is 0.896. The first-order valence-corrected chi connectivity index (χ1v) is 14.4. The van der Waals surface area contributed by atoms with Crippen molar-refractivity contribution in [3.8, 4) is 0 Å². The predicted octanol–water partition coefficient (Wildman–Crippen LogP) is 11.7. The van der Waals surface area contributed by atoms with Gasteiger partial charge in [-0.25, -0.2) is 0 Å². The summed E-state index contributed by atoms with van der Waals surface area (Å²) in [5.74, 6) is 0. The molecule has 0 spiro atoms. The number of anilines is 3. The van der Waals surface area contributed by atoms with Crippen LogP contribution in [0.1, 0.15) is 0 Å². The van der Waals surface area contributed by atoms with Crippen molar-refractivity contribution >= 4 is 82.1 Å². The first kappa shape index (κ1) is 23.1. The molecule has 0 bridgehead atoms. The van der Waals surface area contributed by atoms with Crippen molar-refractivity contribution in [1.82, 2.24) is 0 Å². The monoisotopic (exact) mass is 535 g/mol. The minimum atomic E-state index is 0.896. The molecule has 9 aromatic rings. The fourth-order valence-electron chi connectivity index (χ4n) is 6.67. The average molecular weight is 536 g/mol. The molecule has 0 aliphatic rings. The van der Waals surface area contributed by atoms with E-state index in [1.807, 2.05) is 6.07 Å². The van der Waals surface area contributed by atoms with Crippen LogP contribution >= 0.6 is 0 Å². The van der Waals surface area contributed by atoms with Crippen LogP contribution in [-0.4, -0.2) is 0 Å². The number of nitrogens with zero attached hydrogens (tertiary/aromatic N) is 1. The highest BCUT2D eigenvalue weighted by atomic mass is 16.3. The molecule has 0 aliphatic heterocycles. The van der Waals surface area contributed by atoms with Gasteiger partial charge in [0.05, 0.1) is 16.8 Å². The molecule has 9 rings (SSSR count). The third-order valence-electron chi connectivity index (χ3n) is 8.58. The summed E-state index contributed by atoms with van der Waals surface area (Å²) in [6.07, 6.45) is 0. The lowest BCUT2D eigenvalue weighted by Gasteiger charge is -2.28. The maximum Gasteiger partial charge on any atom is 0.145 e. The van der Waals surface area contributed by atoms with Gasteiger partial charge in [0, 0.05) is 21.8 Å². The van der Waals surface area contributed by atoms with Gasteiger partial charge in [-0.1, -0.05) is 121 Å². The smallest absolute Gasteiger partial charge is 0.145 e. The van der Waals surface area contributed by atoms with Gasteiger partial charge >= 0.3 is 0 Å². The number of hydrogen-bond acceptors (Lipinski definition) is 2. The van der Waals surface area contributed by atoms with Gasteiger partial charge < -0.3 is 9.32 Å². The Bertz CT molecular complexity index is 2480. The van der Waals surface area contributed by atoms with Crippen LogP contribution in [0.25, 0.3) is 65.0 Å². The summed E-state index contributed by atoms with van der Waals surface area (Å²) in [6.45, 7) is 0. The number of benzene rings is 8. The molecule has 0 amide bonds. The highest BCUT2D eigenvalue weighted by molar-refractivity contribution is 6.22. The lowest BCUT2D eigenvalue weighted by molar-refractivity contribution is 0.672. The van der Waals surface area contributed by atoms with Gasteiger partial charge in [0.25, 0.3) is 0 Å². The van der Waals surface area contributed by atoms with Crippen LogP contribution in [-0.2, 0) is 0 Å². The predicted molar refractivity (Wildman–Crippen MR) is 178 cm³/mol. The molecule has 2 heteroatoms. The van der Waals surface area contributed by atoms with Gasteiger partial charge in [-0.05, 0) is 62.6 Å². The zero-order chi connectivity index (χ0) is 27.6. The number of fused-ring (bicyclic) bond motifs is 9. The molecule has 0 aliphatic carbocycles. The van der Waals surface area contributed by atoms with Crippen molar-refractivity contribution in [1.29, 1.82) is 0 Å². The SMILES string of the molecule is c1ccc2c(N(c3ccc4c(ccc5ccccc54)c3)c3cc4ccccc4c4oc5ccccc5c34)cccc2c1. The number of hydrogen-bond donors (Lipinski definition) is 0. The van der Waals surface area contributed by atoms with E-state index in [9.17, 15) is 0 Å². The Hall–Kier alpha value is -5.60. The normalized spacial score (nSPS) is 11.8. The van der Waals surface area contributed by atoms with E-state index in [1.165, 1.54) is 32.3 Å². The maximum atomic E-state index is 6.61. The summed E-state index contributed by atoms with van der Waals surface area (Å²) >= 11 is 0. The third kappa shape index (κ3) is 3.39. The van der Waals surface area contributed by atoms with Gasteiger partial charge in [-0.3, -0.25) is 0 Å². The van der Waals surface area contributed by atoms with Crippen LogP contribution in [0.2, 0.25) is 0 Å². The molecule has 2 nitrogen and oxygen atoms in total. The topological polar surface area (TPSA) is 16.4 Å². The molecule has 0 fully saturated rings. The lowest BCUT2D eigenvalue weighted by Crippen LogP contribution is -2.11. The lowest BCUT2D eigenvalue weighted by atomic mass is 9.99. The molecule has 1 heterocycles. The van der Waals surface area contributed by atoms with Crippen LogP contribution in [0, 0.1) is 0 Å². The van der Waals surface area contributed by atoms with Crippen molar-refractivity contribution in [2.24, 2.45) is 0 Å². The Labute approximate surface area is 242 Å². The molecule has 0 saturated carbocycles. The van der Waals surface area contributed by atoms with Crippen molar-refractivity contribution in [2.45, 2.75) is 0 Å². The Kier molecular flexibility index (Phi) is 4.93. The molecule has 1 aromatic heterocycles. The molecule has 0 saturated heterocycles. The Morgan fingerprint density at radius 2 is 0.976 bits per heavy atom. The van der Waals surface area contributed by atoms with Crippen LogP contribution < -0.4 is 4.90 Å². The van der Waals surface area contributed by atoms with E-state index in [1.54, 1.807) is 0 Å². The quantitative estimate of drug-likeness (QED) is 0.209. The summed E-state index contributed by atoms with van der Waals surface area (Å²) < 4.78 is 6.61. The van der Waals surface area contributed by atoms with E-state index in [0.717, 1.165) is 49.8 Å². The number of rotatable bonds is 3. The van der Waals surface area contributed by atoms with E-state index in [-0.39, 0.29) is 0 Å². The standard InChI is InChI=1S/C40H25NO/c1-4-14-31-27(11-1)20-21-29-24-30(22-23-32(29)31)41(36-18-9-13-26-10-2-5-15-33(26)36)37-25-28-12-3-6-16-34(28)40-39(37)35-17-7-8-19-38(35)42-40/h1-25H. The Morgan fingerprint density at radius 3 is 1.83 bits per heavy atom. The summed E-state index contributed by atoms with van der Waals surface area (Å²) in [5.41, 5.74) is 5.16. The maximum absolute atomic E-state index is 6.61. The first-order chi connectivity index (χ1) is 20.8. The summed E-state index contributed by atoms with van der Waals surface area (Å²) in [6, 6.07) is 54.4. The first-order valence-electron chi connectivity index (χ1n) is 14.4. The van der Waals surface area contributed by atoms with Gasteiger partial charge in [-0.15, -0.1) is 0 Å². The van der Waals surface area contributed by atoms with Gasteiger partial charge in [0.1, 0.15) is 11.2 Å². The second-order valence-electron chi connectivity index (χ2n) is 10.9. The summed E-state index contributed by atoms with van der Waals surface area (Å²) in [5, 5.41) is 11.9. The molecule has 0 atom stereocenters. The molecule has 0 N–H and O–H groups in total. The van der Waals surface area contributed by atoms with Gasteiger partial charge in [0.2, 0.25) is 0 Å². The van der Waals surface area contributed by atoms with Crippen LogP contribution in [0.15, 0.2) is 156 Å². The second kappa shape index (κ2) is 8.95. The van der Waals surface area contributed by atoms with E-state index in [2.05, 4.69) is 150 Å². The highest BCUT2D eigenvalue weighted by Gasteiger charge is 2.23. The summed E-state index contributed by atoms with van der Waals surface area (Å²) in [7, 11) is 0.